The van der Waals surface area contributed by atoms with E-state index in [0.29, 0.717) is 5.92 Å². The number of aryl methyl sites for hydroxylation is 2. The van der Waals surface area contributed by atoms with Gasteiger partial charge in [-0.1, -0.05) is 35.9 Å². The Morgan fingerprint density at radius 2 is 1.63 bits per heavy atom. The zero-order valence-corrected chi connectivity index (χ0v) is 11.8. The van der Waals surface area contributed by atoms with Gasteiger partial charge in [0.25, 0.3) is 0 Å². The second-order valence-electron chi connectivity index (χ2n) is 5.73. The van der Waals surface area contributed by atoms with E-state index in [1.807, 2.05) is 26.0 Å². The molecule has 0 nitrogen and oxygen atoms in total. The molecule has 0 bridgehead atoms. The van der Waals surface area contributed by atoms with Crippen LogP contribution in [0.2, 0.25) is 0 Å². The first-order valence-electron chi connectivity index (χ1n) is 6.94. The Morgan fingerprint density at radius 3 is 2.32 bits per heavy atom. The predicted molar refractivity (Wildman–Crippen MR) is 78.0 cm³/mol. The highest BCUT2D eigenvalue weighted by atomic mass is 19.1. The molecule has 19 heavy (non-hydrogen) atoms. The van der Waals surface area contributed by atoms with Crippen molar-refractivity contribution in [2.24, 2.45) is 0 Å². The molecule has 1 aliphatic rings. The molecule has 1 aliphatic carbocycles. The molecule has 2 aromatic rings. The molecular weight excluding hydrogens is 235 g/mol. The van der Waals surface area contributed by atoms with Crippen molar-refractivity contribution in [3.05, 3.63) is 58.4 Å². The van der Waals surface area contributed by atoms with Crippen LogP contribution in [0.15, 0.2) is 30.3 Å². The van der Waals surface area contributed by atoms with Crippen LogP contribution >= 0.6 is 0 Å². The highest BCUT2D eigenvalue weighted by Crippen LogP contribution is 2.45. The number of hydrogen-bond acceptors (Lipinski definition) is 0. The van der Waals surface area contributed by atoms with Gasteiger partial charge >= 0.3 is 0 Å². The summed E-state index contributed by atoms with van der Waals surface area (Å²) in [7, 11) is 0. The van der Waals surface area contributed by atoms with Gasteiger partial charge in [-0.15, -0.1) is 0 Å². The average molecular weight is 254 g/mol. The first kappa shape index (κ1) is 12.4. The lowest BCUT2D eigenvalue weighted by Gasteiger charge is -2.13. The normalized spacial score (nSPS) is 14.7. The van der Waals surface area contributed by atoms with Crippen molar-refractivity contribution >= 4 is 0 Å². The van der Waals surface area contributed by atoms with Gasteiger partial charge in [-0.05, 0) is 61.8 Å². The van der Waals surface area contributed by atoms with E-state index in [9.17, 15) is 4.39 Å². The molecule has 0 amide bonds. The molecule has 98 valence electrons. The van der Waals surface area contributed by atoms with Gasteiger partial charge in [0.05, 0.1) is 0 Å². The van der Waals surface area contributed by atoms with Crippen LogP contribution < -0.4 is 0 Å². The van der Waals surface area contributed by atoms with Crippen LogP contribution in [0.4, 0.5) is 4.39 Å². The summed E-state index contributed by atoms with van der Waals surface area (Å²) in [4.78, 5) is 0. The lowest BCUT2D eigenvalue weighted by atomic mass is 9.92. The van der Waals surface area contributed by atoms with Gasteiger partial charge in [0.2, 0.25) is 0 Å². The average Bonchev–Trinajstić information content (AvgIpc) is 3.21. The molecule has 0 saturated heterocycles. The predicted octanol–water partition coefficient (Wildman–Crippen LogP) is 5.30. The maximum absolute atomic E-state index is 14.5. The molecule has 0 aliphatic heterocycles. The summed E-state index contributed by atoms with van der Waals surface area (Å²) in [5.74, 6) is 0.571. The summed E-state index contributed by atoms with van der Waals surface area (Å²) >= 11 is 0. The van der Waals surface area contributed by atoms with Crippen LogP contribution in [0, 0.1) is 26.6 Å². The first-order valence-corrected chi connectivity index (χ1v) is 6.94. The van der Waals surface area contributed by atoms with Crippen molar-refractivity contribution < 1.29 is 4.39 Å². The van der Waals surface area contributed by atoms with Crippen molar-refractivity contribution in [1.82, 2.24) is 0 Å². The van der Waals surface area contributed by atoms with E-state index in [0.717, 1.165) is 22.3 Å². The van der Waals surface area contributed by atoms with Crippen LogP contribution in [-0.2, 0) is 0 Å². The minimum Gasteiger partial charge on any atom is -0.206 e. The largest absolute Gasteiger partial charge is 0.206 e. The second kappa shape index (κ2) is 4.48. The monoisotopic (exact) mass is 254 g/mol. The molecule has 1 saturated carbocycles. The van der Waals surface area contributed by atoms with Crippen molar-refractivity contribution in [1.29, 1.82) is 0 Å². The number of hydrogen-bond donors (Lipinski definition) is 0. The van der Waals surface area contributed by atoms with Crippen molar-refractivity contribution in [2.75, 3.05) is 0 Å². The van der Waals surface area contributed by atoms with Gasteiger partial charge in [0.15, 0.2) is 0 Å². The second-order valence-corrected chi connectivity index (χ2v) is 5.73. The fourth-order valence-corrected chi connectivity index (χ4v) is 2.65. The Hall–Kier alpha value is -1.63. The van der Waals surface area contributed by atoms with E-state index < -0.39 is 0 Å². The molecule has 0 unspecified atom stereocenters. The summed E-state index contributed by atoms with van der Waals surface area (Å²) in [6.07, 6.45) is 2.48. The lowest BCUT2D eigenvalue weighted by Crippen LogP contribution is -1.95. The quantitative estimate of drug-likeness (QED) is 0.682. The van der Waals surface area contributed by atoms with Gasteiger partial charge in [-0.2, -0.15) is 0 Å². The third-order valence-corrected chi connectivity index (χ3v) is 4.17. The Balaban J connectivity index is 2.19. The number of halogens is 1. The molecule has 0 aromatic heterocycles. The summed E-state index contributed by atoms with van der Waals surface area (Å²) in [6, 6.07) is 10.3. The van der Waals surface area contributed by atoms with Crippen LogP contribution in [0.1, 0.15) is 41.0 Å². The van der Waals surface area contributed by atoms with Crippen LogP contribution in [0.3, 0.4) is 0 Å². The fourth-order valence-electron chi connectivity index (χ4n) is 2.65. The molecule has 3 rings (SSSR count). The third kappa shape index (κ3) is 2.18. The van der Waals surface area contributed by atoms with Crippen molar-refractivity contribution in [3.63, 3.8) is 0 Å². The molecular formula is C18H19F. The molecule has 0 spiro atoms. The summed E-state index contributed by atoms with van der Waals surface area (Å²) < 4.78 is 14.5. The Labute approximate surface area is 114 Å². The zero-order chi connectivity index (χ0) is 13.6. The topological polar surface area (TPSA) is 0 Å². The van der Waals surface area contributed by atoms with Gasteiger partial charge < -0.3 is 0 Å². The van der Waals surface area contributed by atoms with E-state index in [2.05, 4.69) is 25.1 Å². The zero-order valence-electron chi connectivity index (χ0n) is 11.8. The van der Waals surface area contributed by atoms with E-state index in [1.54, 1.807) is 0 Å². The Kier molecular flexibility index (Phi) is 2.93. The van der Waals surface area contributed by atoms with Crippen LogP contribution in [-0.4, -0.2) is 0 Å². The van der Waals surface area contributed by atoms with Crippen LogP contribution in [0.5, 0.6) is 0 Å². The van der Waals surface area contributed by atoms with Gasteiger partial charge in [-0.3, -0.25) is 0 Å². The lowest BCUT2D eigenvalue weighted by molar-refractivity contribution is 0.620. The minimum absolute atomic E-state index is 0.0641. The Bertz CT molecular complexity index is 636. The molecule has 0 heterocycles. The molecule has 0 atom stereocenters. The molecule has 0 N–H and O–H groups in total. The number of rotatable bonds is 2. The summed E-state index contributed by atoms with van der Waals surface area (Å²) in [5, 5.41) is 0. The van der Waals surface area contributed by atoms with E-state index >= 15 is 0 Å². The maximum atomic E-state index is 14.5. The SMILES string of the molecule is Cc1ccc(-c2ccc(C)c(C)c2F)c(C2CC2)c1. The van der Waals surface area contributed by atoms with Crippen LogP contribution in [0.25, 0.3) is 11.1 Å². The fraction of sp³-hybridized carbons (Fsp3) is 0.333. The van der Waals surface area contributed by atoms with E-state index in [1.165, 1.54) is 24.0 Å². The standard InChI is InChI=1S/C18H19F/c1-11-4-8-15(17(10-11)14-6-7-14)16-9-5-12(2)13(3)18(16)19/h4-5,8-10,14H,6-7H2,1-3H3. The summed E-state index contributed by atoms with van der Waals surface area (Å²) in [6.45, 7) is 5.92. The van der Waals surface area contributed by atoms with E-state index in [-0.39, 0.29) is 5.82 Å². The first-order chi connectivity index (χ1) is 9.08. The third-order valence-electron chi connectivity index (χ3n) is 4.17. The highest BCUT2D eigenvalue weighted by molar-refractivity contribution is 5.71. The molecule has 1 heteroatoms. The molecule has 2 aromatic carbocycles. The molecule has 1 fully saturated rings. The highest BCUT2D eigenvalue weighted by Gasteiger charge is 2.27. The minimum atomic E-state index is -0.0641. The molecule has 0 radical (unpaired) electrons. The van der Waals surface area contributed by atoms with Gasteiger partial charge in [0.1, 0.15) is 5.82 Å². The van der Waals surface area contributed by atoms with E-state index in [4.69, 9.17) is 0 Å². The smallest absolute Gasteiger partial charge is 0.134 e. The maximum Gasteiger partial charge on any atom is 0.134 e. The van der Waals surface area contributed by atoms with Crippen molar-refractivity contribution in [3.8, 4) is 11.1 Å². The Morgan fingerprint density at radius 1 is 0.947 bits per heavy atom. The number of benzene rings is 2. The van der Waals surface area contributed by atoms with Gasteiger partial charge in [-0.25, -0.2) is 4.39 Å². The summed E-state index contributed by atoms with van der Waals surface area (Å²) in [5.41, 5.74) is 6.19. The van der Waals surface area contributed by atoms with Gasteiger partial charge in [0, 0.05) is 5.56 Å². The van der Waals surface area contributed by atoms with Crippen molar-refractivity contribution in [2.45, 2.75) is 39.5 Å².